The molecule has 0 radical (unpaired) electrons. The SMILES string of the molecule is O=C1N[C@@H](c2cncc(C#Cc3ccccc3)c2)[C@@H](c2cccc(Cl)c2Cl)O1. The fourth-order valence-electron chi connectivity index (χ4n) is 3.02. The monoisotopic (exact) mass is 408 g/mol. The number of nitrogens with zero attached hydrogens (tertiary/aromatic N) is 1. The Kier molecular flexibility index (Phi) is 5.21. The molecule has 0 bridgehead atoms. The zero-order valence-electron chi connectivity index (χ0n) is 14.5. The third-order valence-electron chi connectivity index (χ3n) is 4.34. The van der Waals surface area contributed by atoms with Crippen molar-refractivity contribution in [3.8, 4) is 11.8 Å². The number of aromatic nitrogens is 1. The first-order valence-corrected chi connectivity index (χ1v) is 9.30. The number of hydrogen-bond donors (Lipinski definition) is 1. The van der Waals surface area contributed by atoms with Crippen molar-refractivity contribution in [3.63, 3.8) is 0 Å². The summed E-state index contributed by atoms with van der Waals surface area (Å²) in [6.45, 7) is 0. The highest BCUT2D eigenvalue weighted by Crippen LogP contribution is 2.41. The van der Waals surface area contributed by atoms with Crippen LogP contribution >= 0.6 is 23.2 Å². The van der Waals surface area contributed by atoms with Crippen LogP contribution in [0.4, 0.5) is 4.79 Å². The van der Waals surface area contributed by atoms with Crippen molar-refractivity contribution in [1.29, 1.82) is 0 Å². The number of hydrogen-bond acceptors (Lipinski definition) is 3. The predicted molar refractivity (Wildman–Crippen MR) is 108 cm³/mol. The second-order valence-corrected chi connectivity index (χ2v) is 7.00. The number of nitrogens with one attached hydrogen (secondary N) is 1. The highest BCUT2D eigenvalue weighted by atomic mass is 35.5. The summed E-state index contributed by atoms with van der Waals surface area (Å²) in [4.78, 5) is 16.2. The van der Waals surface area contributed by atoms with Gasteiger partial charge in [-0.15, -0.1) is 0 Å². The number of amides is 1. The molecule has 1 saturated heterocycles. The zero-order valence-corrected chi connectivity index (χ0v) is 16.0. The normalized spacial score (nSPS) is 18.0. The summed E-state index contributed by atoms with van der Waals surface area (Å²) >= 11 is 12.5. The van der Waals surface area contributed by atoms with Gasteiger partial charge in [0.05, 0.1) is 10.0 Å². The predicted octanol–water partition coefficient (Wildman–Crippen LogP) is 5.31. The molecule has 1 aliphatic rings. The van der Waals surface area contributed by atoms with Gasteiger partial charge in [0.15, 0.2) is 6.10 Å². The fraction of sp³-hybridized carbons (Fsp3) is 0.0909. The second kappa shape index (κ2) is 7.93. The summed E-state index contributed by atoms with van der Waals surface area (Å²) in [5.74, 6) is 6.20. The standard InChI is InChI=1S/C22H14Cl2N2O2/c23-18-8-4-7-17(19(18)24)21-20(26-22(27)28-21)16-11-15(12-25-13-16)10-9-14-5-2-1-3-6-14/h1-8,11-13,20-21H,(H,26,27)/t20-,21+/m0/s1. The molecule has 2 aromatic carbocycles. The molecule has 0 spiro atoms. The van der Waals surface area contributed by atoms with Crippen molar-refractivity contribution in [2.24, 2.45) is 0 Å². The topological polar surface area (TPSA) is 51.2 Å². The highest BCUT2D eigenvalue weighted by molar-refractivity contribution is 6.42. The smallest absolute Gasteiger partial charge is 0.408 e. The van der Waals surface area contributed by atoms with Gasteiger partial charge in [-0.2, -0.15) is 0 Å². The van der Waals surface area contributed by atoms with Gasteiger partial charge >= 0.3 is 6.09 Å². The number of rotatable bonds is 2. The molecule has 0 unspecified atom stereocenters. The number of pyridine rings is 1. The first kappa shape index (κ1) is 18.4. The van der Waals surface area contributed by atoms with Crippen LogP contribution in [0.1, 0.15) is 34.4 Å². The van der Waals surface area contributed by atoms with Crippen LogP contribution in [0.15, 0.2) is 67.0 Å². The minimum Gasteiger partial charge on any atom is -0.439 e. The van der Waals surface area contributed by atoms with E-state index in [9.17, 15) is 4.79 Å². The van der Waals surface area contributed by atoms with Gasteiger partial charge in [-0.3, -0.25) is 4.98 Å². The molecular weight excluding hydrogens is 395 g/mol. The molecule has 138 valence electrons. The van der Waals surface area contributed by atoms with Gasteiger partial charge in [-0.25, -0.2) is 4.79 Å². The van der Waals surface area contributed by atoms with Gasteiger partial charge in [0.1, 0.15) is 6.04 Å². The Morgan fingerprint density at radius 1 is 0.964 bits per heavy atom. The third-order valence-corrected chi connectivity index (χ3v) is 5.18. The second-order valence-electron chi connectivity index (χ2n) is 6.21. The van der Waals surface area contributed by atoms with Crippen molar-refractivity contribution in [1.82, 2.24) is 10.3 Å². The van der Waals surface area contributed by atoms with Gasteiger partial charge in [0.2, 0.25) is 0 Å². The van der Waals surface area contributed by atoms with Crippen molar-refractivity contribution < 1.29 is 9.53 Å². The molecule has 1 aliphatic heterocycles. The first-order valence-electron chi connectivity index (χ1n) is 8.55. The summed E-state index contributed by atoms with van der Waals surface area (Å²) < 4.78 is 5.46. The highest BCUT2D eigenvalue weighted by Gasteiger charge is 2.38. The van der Waals surface area contributed by atoms with Crippen LogP contribution in [0.5, 0.6) is 0 Å². The number of carbonyl (C=O) groups excluding carboxylic acids is 1. The van der Waals surface area contributed by atoms with Crippen LogP contribution in [-0.4, -0.2) is 11.1 Å². The Morgan fingerprint density at radius 3 is 2.57 bits per heavy atom. The van der Waals surface area contributed by atoms with E-state index < -0.39 is 18.2 Å². The number of alkyl carbamates (subject to hydrolysis) is 1. The fourth-order valence-corrected chi connectivity index (χ4v) is 3.44. The molecule has 4 rings (SSSR count). The quantitative estimate of drug-likeness (QED) is 0.584. The molecule has 1 N–H and O–H groups in total. The lowest BCUT2D eigenvalue weighted by molar-refractivity contribution is 0.132. The number of ether oxygens (including phenoxy) is 1. The number of carbonyl (C=O) groups is 1. The van der Waals surface area contributed by atoms with Gasteiger partial charge in [0, 0.05) is 29.1 Å². The van der Waals surface area contributed by atoms with Gasteiger partial charge in [-0.1, -0.05) is 65.4 Å². The van der Waals surface area contributed by atoms with E-state index >= 15 is 0 Å². The van der Waals surface area contributed by atoms with Crippen molar-refractivity contribution in [2.75, 3.05) is 0 Å². The zero-order chi connectivity index (χ0) is 19.5. The largest absolute Gasteiger partial charge is 0.439 e. The first-order chi connectivity index (χ1) is 13.6. The van der Waals surface area contributed by atoms with Crippen LogP contribution in [0, 0.1) is 11.8 Å². The minimum absolute atomic E-state index is 0.364. The Bertz CT molecular complexity index is 1090. The van der Waals surface area contributed by atoms with Gasteiger partial charge < -0.3 is 10.1 Å². The van der Waals surface area contributed by atoms with E-state index in [2.05, 4.69) is 22.1 Å². The molecule has 1 fully saturated rings. The summed E-state index contributed by atoms with van der Waals surface area (Å²) in [5, 5.41) is 3.58. The lowest BCUT2D eigenvalue weighted by atomic mass is 9.97. The van der Waals surface area contributed by atoms with E-state index in [0.717, 1.165) is 16.7 Å². The summed E-state index contributed by atoms with van der Waals surface area (Å²) in [5.41, 5.74) is 3.05. The summed E-state index contributed by atoms with van der Waals surface area (Å²) in [6, 6.07) is 16.4. The molecule has 1 aromatic heterocycles. The van der Waals surface area contributed by atoms with E-state index in [1.807, 2.05) is 36.4 Å². The van der Waals surface area contributed by atoms with E-state index in [1.165, 1.54) is 0 Å². The maximum absolute atomic E-state index is 11.9. The van der Waals surface area contributed by atoms with Gasteiger partial charge in [0.25, 0.3) is 0 Å². The molecule has 0 aliphatic carbocycles. The number of benzene rings is 2. The molecule has 4 nitrogen and oxygen atoms in total. The van der Waals surface area contributed by atoms with Crippen LogP contribution in [0.3, 0.4) is 0 Å². The summed E-state index contributed by atoms with van der Waals surface area (Å²) in [6.07, 6.45) is 2.22. The third kappa shape index (κ3) is 3.82. The Labute approximate surface area is 172 Å². The minimum atomic E-state index is -0.613. The van der Waals surface area contributed by atoms with Crippen molar-refractivity contribution in [3.05, 3.63) is 99.3 Å². The summed E-state index contributed by atoms with van der Waals surface area (Å²) in [7, 11) is 0. The van der Waals surface area contributed by atoms with Crippen LogP contribution in [-0.2, 0) is 4.74 Å². The molecule has 1 amide bonds. The maximum atomic E-state index is 11.9. The lowest BCUT2D eigenvalue weighted by Crippen LogP contribution is -2.20. The van der Waals surface area contributed by atoms with Crippen molar-refractivity contribution in [2.45, 2.75) is 12.1 Å². The van der Waals surface area contributed by atoms with E-state index in [-0.39, 0.29) is 0 Å². The molecular formula is C22H14Cl2N2O2. The molecule has 28 heavy (non-hydrogen) atoms. The van der Waals surface area contributed by atoms with E-state index in [0.29, 0.717) is 15.6 Å². The molecule has 0 saturated carbocycles. The van der Waals surface area contributed by atoms with Crippen LogP contribution < -0.4 is 5.32 Å². The molecule has 6 heteroatoms. The molecule has 2 heterocycles. The molecule has 3 aromatic rings. The average molecular weight is 409 g/mol. The Morgan fingerprint density at radius 2 is 1.75 bits per heavy atom. The Hall–Kier alpha value is -3.00. The van der Waals surface area contributed by atoms with E-state index in [4.69, 9.17) is 27.9 Å². The van der Waals surface area contributed by atoms with Gasteiger partial charge in [-0.05, 0) is 29.8 Å². The lowest BCUT2D eigenvalue weighted by Gasteiger charge is -2.19. The van der Waals surface area contributed by atoms with E-state index in [1.54, 1.807) is 30.6 Å². The Balaban J connectivity index is 1.67. The van der Waals surface area contributed by atoms with Crippen LogP contribution in [0.25, 0.3) is 0 Å². The average Bonchev–Trinajstić information content (AvgIpc) is 3.11. The maximum Gasteiger partial charge on any atom is 0.408 e. The van der Waals surface area contributed by atoms with Crippen molar-refractivity contribution >= 4 is 29.3 Å². The number of halogens is 2. The molecule has 2 atom stereocenters. The van der Waals surface area contributed by atoms with Crippen LogP contribution in [0.2, 0.25) is 10.0 Å². The number of cyclic esters (lactones) is 1.